The van der Waals surface area contributed by atoms with E-state index in [0.29, 0.717) is 19.3 Å². The predicted octanol–water partition coefficient (Wildman–Crippen LogP) is 5.61. The third-order valence-electron chi connectivity index (χ3n) is 8.05. The van der Waals surface area contributed by atoms with Crippen molar-refractivity contribution in [2.45, 2.75) is 75.8 Å². The standard InChI is InChI=1S/C35H46N2O5/c1-3-5-8-20-30(23-27-16-9-6-10-17-27)34(41)42-25-31(28-18-11-7-12-19-28)36-33(40)29(15-4-2)24-32(39)37-35(26-38)21-13-14-22-35/h3-4,6-7,9-12,16-19,29-31,38H,1-2,5,8,13-15,20-26H2,(H,36,40)(H,37,39)/t29-,30+,31+/m0/s1. The van der Waals surface area contributed by atoms with Crippen molar-refractivity contribution in [3.05, 3.63) is 97.1 Å². The zero-order chi connectivity index (χ0) is 30.2. The van der Waals surface area contributed by atoms with Gasteiger partial charge in [0.25, 0.3) is 0 Å². The maximum atomic E-state index is 13.5. The van der Waals surface area contributed by atoms with Crippen molar-refractivity contribution in [2.75, 3.05) is 13.2 Å². The number of nitrogens with one attached hydrogen (secondary N) is 2. The van der Waals surface area contributed by atoms with Gasteiger partial charge in [0, 0.05) is 6.42 Å². The van der Waals surface area contributed by atoms with Crippen molar-refractivity contribution in [1.82, 2.24) is 10.6 Å². The summed E-state index contributed by atoms with van der Waals surface area (Å²) < 4.78 is 5.86. The summed E-state index contributed by atoms with van der Waals surface area (Å²) >= 11 is 0. The fraction of sp³-hybridized carbons (Fsp3) is 0.457. The van der Waals surface area contributed by atoms with E-state index >= 15 is 0 Å². The number of hydrogen-bond donors (Lipinski definition) is 3. The van der Waals surface area contributed by atoms with Gasteiger partial charge in [0.15, 0.2) is 0 Å². The summed E-state index contributed by atoms with van der Waals surface area (Å²) in [6.45, 7) is 7.42. The lowest BCUT2D eigenvalue weighted by molar-refractivity contribution is -0.150. The molecule has 1 saturated carbocycles. The second-order valence-electron chi connectivity index (χ2n) is 11.3. The van der Waals surface area contributed by atoms with Crippen LogP contribution < -0.4 is 10.6 Å². The largest absolute Gasteiger partial charge is 0.463 e. The number of amides is 2. The fourth-order valence-corrected chi connectivity index (χ4v) is 5.62. The number of carbonyl (C=O) groups excluding carboxylic acids is 3. The van der Waals surface area contributed by atoms with Gasteiger partial charge < -0.3 is 20.5 Å². The smallest absolute Gasteiger partial charge is 0.309 e. The van der Waals surface area contributed by atoms with Gasteiger partial charge in [0.2, 0.25) is 11.8 Å². The molecule has 1 aliphatic rings. The Balaban J connectivity index is 1.68. The Morgan fingerprint density at radius 3 is 2.24 bits per heavy atom. The van der Waals surface area contributed by atoms with Crippen molar-refractivity contribution in [3.8, 4) is 0 Å². The number of carbonyl (C=O) groups is 3. The number of aliphatic hydroxyl groups is 1. The van der Waals surface area contributed by atoms with Crippen LogP contribution in [0.15, 0.2) is 86.0 Å². The number of ether oxygens (including phenoxy) is 1. The molecule has 226 valence electrons. The number of benzene rings is 2. The molecule has 3 rings (SSSR count). The summed E-state index contributed by atoms with van der Waals surface area (Å²) in [6, 6.07) is 18.7. The Morgan fingerprint density at radius 1 is 0.952 bits per heavy atom. The molecule has 0 heterocycles. The number of hydrogen-bond acceptors (Lipinski definition) is 5. The fourth-order valence-electron chi connectivity index (χ4n) is 5.62. The van der Waals surface area contributed by atoms with Crippen LogP contribution >= 0.6 is 0 Å². The van der Waals surface area contributed by atoms with Crippen molar-refractivity contribution in [3.63, 3.8) is 0 Å². The summed E-state index contributed by atoms with van der Waals surface area (Å²) in [6.07, 6.45) is 10.0. The maximum Gasteiger partial charge on any atom is 0.309 e. The van der Waals surface area contributed by atoms with E-state index in [0.717, 1.165) is 49.7 Å². The first-order valence-electron chi connectivity index (χ1n) is 15.1. The Labute approximate surface area is 250 Å². The second-order valence-corrected chi connectivity index (χ2v) is 11.3. The highest BCUT2D eigenvalue weighted by Gasteiger charge is 2.35. The number of esters is 1. The van der Waals surface area contributed by atoms with Crippen LogP contribution in [0.3, 0.4) is 0 Å². The third-order valence-corrected chi connectivity index (χ3v) is 8.05. The molecule has 0 radical (unpaired) electrons. The lowest BCUT2D eigenvalue weighted by atomic mass is 9.94. The van der Waals surface area contributed by atoms with E-state index in [2.05, 4.69) is 23.8 Å². The number of unbranched alkanes of at least 4 members (excludes halogenated alkanes) is 1. The summed E-state index contributed by atoms with van der Waals surface area (Å²) in [5.41, 5.74) is 1.27. The van der Waals surface area contributed by atoms with E-state index in [9.17, 15) is 19.5 Å². The van der Waals surface area contributed by atoms with Gasteiger partial charge in [-0.3, -0.25) is 14.4 Å². The molecule has 0 unspecified atom stereocenters. The molecule has 42 heavy (non-hydrogen) atoms. The second kappa shape index (κ2) is 17.3. The first kappa shape index (κ1) is 32.8. The molecule has 2 aromatic carbocycles. The van der Waals surface area contributed by atoms with Gasteiger partial charge in [0.1, 0.15) is 6.61 Å². The Hall–Kier alpha value is -3.71. The van der Waals surface area contributed by atoms with Gasteiger partial charge >= 0.3 is 5.97 Å². The molecule has 3 atom stereocenters. The molecule has 0 spiro atoms. The highest BCUT2D eigenvalue weighted by molar-refractivity contribution is 5.86. The number of rotatable bonds is 18. The molecule has 2 aromatic rings. The van der Waals surface area contributed by atoms with Crippen LogP contribution in [-0.4, -0.2) is 41.6 Å². The Bertz CT molecular complexity index is 1140. The molecule has 0 saturated heterocycles. The van der Waals surface area contributed by atoms with Crippen LogP contribution in [-0.2, 0) is 25.5 Å². The normalized spacial score (nSPS) is 16.0. The van der Waals surface area contributed by atoms with E-state index in [-0.39, 0.29) is 43.3 Å². The maximum absolute atomic E-state index is 13.5. The molecule has 1 aliphatic carbocycles. The summed E-state index contributed by atoms with van der Waals surface area (Å²) in [5.74, 6) is -1.84. The monoisotopic (exact) mass is 574 g/mol. The summed E-state index contributed by atoms with van der Waals surface area (Å²) in [7, 11) is 0. The quantitative estimate of drug-likeness (QED) is 0.122. The van der Waals surface area contributed by atoms with E-state index in [1.54, 1.807) is 6.08 Å². The number of allylic oxidation sites excluding steroid dienone is 2. The molecular formula is C35H46N2O5. The molecule has 7 heteroatoms. The molecule has 3 N–H and O–H groups in total. The van der Waals surface area contributed by atoms with E-state index < -0.39 is 17.5 Å². The SMILES string of the molecule is C=CCCC[C@H](Cc1ccccc1)C(=O)OC[C@@H](NC(=O)[C@@H](CC=C)CC(=O)NC1(CO)CCCC1)c1ccccc1. The highest BCUT2D eigenvalue weighted by Crippen LogP contribution is 2.29. The minimum Gasteiger partial charge on any atom is -0.463 e. The van der Waals surface area contributed by atoms with Crippen molar-refractivity contribution >= 4 is 17.8 Å². The third kappa shape index (κ3) is 10.3. The topological polar surface area (TPSA) is 105 Å². The van der Waals surface area contributed by atoms with Crippen LogP contribution in [0.5, 0.6) is 0 Å². The van der Waals surface area contributed by atoms with E-state index in [1.807, 2.05) is 66.7 Å². The van der Waals surface area contributed by atoms with Crippen LogP contribution in [0.4, 0.5) is 0 Å². The molecule has 0 aromatic heterocycles. The number of aliphatic hydroxyl groups excluding tert-OH is 1. The molecule has 1 fully saturated rings. The van der Waals surface area contributed by atoms with Crippen molar-refractivity contribution in [1.29, 1.82) is 0 Å². The molecule has 0 aliphatic heterocycles. The van der Waals surface area contributed by atoms with Gasteiger partial charge in [0.05, 0.1) is 30.0 Å². The van der Waals surface area contributed by atoms with Gasteiger partial charge in [-0.15, -0.1) is 13.2 Å². The zero-order valence-electron chi connectivity index (χ0n) is 24.6. The van der Waals surface area contributed by atoms with Crippen LogP contribution in [0, 0.1) is 11.8 Å². The van der Waals surface area contributed by atoms with E-state index in [4.69, 9.17) is 4.74 Å². The van der Waals surface area contributed by atoms with Gasteiger partial charge in [-0.05, 0) is 56.1 Å². The average molecular weight is 575 g/mol. The molecule has 2 amide bonds. The van der Waals surface area contributed by atoms with Crippen LogP contribution in [0.1, 0.15) is 75.0 Å². The van der Waals surface area contributed by atoms with E-state index in [1.165, 1.54) is 0 Å². The average Bonchev–Trinajstić information content (AvgIpc) is 3.48. The summed E-state index contributed by atoms with van der Waals surface area (Å²) in [5, 5.41) is 15.9. The van der Waals surface area contributed by atoms with Crippen LogP contribution in [0.2, 0.25) is 0 Å². The lowest BCUT2D eigenvalue weighted by Crippen LogP contribution is -2.50. The van der Waals surface area contributed by atoms with Crippen molar-refractivity contribution < 1.29 is 24.2 Å². The first-order chi connectivity index (χ1) is 20.4. The van der Waals surface area contributed by atoms with Gasteiger partial charge in [-0.25, -0.2) is 0 Å². The predicted molar refractivity (Wildman–Crippen MR) is 165 cm³/mol. The zero-order valence-corrected chi connectivity index (χ0v) is 24.6. The van der Waals surface area contributed by atoms with Gasteiger partial charge in [-0.1, -0.05) is 85.7 Å². The minimum atomic E-state index is -0.647. The highest BCUT2D eigenvalue weighted by atomic mass is 16.5. The van der Waals surface area contributed by atoms with Crippen molar-refractivity contribution in [2.24, 2.45) is 11.8 Å². The molecule has 7 nitrogen and oxygen atoms in total. The van der Waals surface area contributed by atoms with Gasteiger partial charge in [-0.2, -0.15) is 0 Å². The minimum absolute atomic E-state index is 0.0245. The summed E-state index contributed by atoms with van der Waals surface area (Å²) in [4.78, 5) is 39.8. The molecular weight excluding hydrogens is 528 g/mol. The lowest BCUT2D eigenvalue weighted by Gasteiger charge is -2.29. The van der Waals surface area contributed by atoms with Crippen LogP contribution in [0.25, 0.3) is 0 Å². The molecule has 0 bridgehead atoms. The first-order valence-corrected chi connectivity index (χ1v) is 15.1. The Kier molecular flexibility index (Phi) is 13.5. The Morgan fingerprint density at radius 2 is 1.62 bits per heavy atom.